The number of sulfonamides is 1. The summed E-state index contributed by atoms with van der Waals surface area (Å²) in [7, 11) is -3.26. The lowest BCUT2D eigenvalue weighted by Gasteiger charge is -2.10. The van der Waals surface area contributed by atoms with Gasteiger partial charge in [0, 0.05) is 5.69 Å². The zero-order valence-electron chi connectivity index (χ0n) is 11.4. The molecule has 106 valence electrons. The minimum Gasteiger partial charge on any atom is -0.340 e. The number of pyridine rings is 1. The second-order valence-electron chi connectivity index (χ2n) is 4.38. The molecule has 0 unspecified atom stereocenters. The molecule has 0 aliphatic heterocycles. The maximum absolute atomic E-state index is 11.4. The smallest absolute Gasteiger partial charge is 0.232 e. The molecule has 0 aliphatic rings. The van der Waals surface area contributed by atoms with Gasteiger partial charge in [-0.15, -0.1) is 0 Å². The van der Waals surface area contributed by atoms with Crippen molar-refractivity contribution < 1.29 is 8.42 Å². The average Bonchev–Trinajstić information content (AvgIpc) is 2.43. The van der Waals surface area contributed by atoms with Crippen LogP contribution < -0.4 is 10.0 Å². The fraction of sp³-hybridized carbons (Fsp3) is 0.214. The summed E-state index contributed by atoms with van der Waals surface area (Å²) in [5.41, 5.74) is 2.55. The van der Waals surface area contributed by atoms with Crippen LogP contribution in [-0.4, -0.2) is 19.2 Å². The van der Waals surface area contributed by atoms with Gasteiger partial charge >= 0.3 is 0 Å². The predicted molar refractivity (Wildman–Crippen MR) is 81.8 cm³/mol. The van der Waals surface area contributed by atoms with E-state index in [2.05, 4.69) is 15.0 Å². The van der Waals surface area contributed by atoms with Gasteiger partial charge < -0.3 is 5.32 Å². The number of para-hydroxylation sites is 1. The highest BCUT2D eigenvalue weighted by molar-refractivity contribution is 7.92. The largest absolute Gasteiger partial charge is 0.340 e. The molecule has 5 nitrogen and oxygen atoms in total. The van der Waals surface area contributed by atoms with Crippen molar-refractivity contribution in [2.45, 2.75) is 13.8 Å². The van der Waals surface area contributed by atoms with Gasteiger partial charge in [-0.3, -0.25) is 4.72 Å². The first kappa shape index (κ1) is 14.3. The molecule has 1 aromatic heterocycles. The number of rotatable bonds is 5. The van der Waals surface area contributed by atoms with Crippen molar-refractivity contribution in [1.82, 2.24) is 4.98 Å². The molecule has 0 atom stereocenters. The highest BCUT2D eigenvalue weighted by Crippen LogP contribution is 2.19. The Morgan fingerprint density at radius 2 is 1.90 bits per heavy atom. The van der Waals surface area contributed by atoms with Crippen molar-refractivity contribution in [3.8, 4) is 0 Å². The van der Waals surface area contributed by atoms with Crippen LogP contribution in [0.15, 0.2) is 42.6 Å². The number of anilines is 3. The van der Waals surface area contributed by atoms with E-state index in [1.54, 1.807) is 19.1 Å². The van der Waals surface area contributed by atoms with Gasteiger partial charge in [-0.2, -0.15) is 0 Å². The third-order valence-corrected chi connectivity index (χ3v) is 4.13. The van der Waals surface area contributed by atoms with Crippen molar-refractivity contribution in [3.63, 3.8) is 0 Å². The molecular weight excluding hydrogens is 274 g/mol. The standard InChI is InChI=1S/C14H17N3O2S/c1-3-20(18,19)17-12-8-9-14(15-10-12)16-13-7-5-4-6-11(13)2/h4-10,17H,3H2,1-2H3,(H,15,16). The molecule has 0 radical (unpaired) electrons. The van der Waals surface area contributed by atoms with Gasteiger partial charge in [0.1, 0.15) is 5.82 Å². The van der Waals surface area contributed by atoms with Crippen LogP contribution in [0.2, 0.25) is 0 Å². The van der Waals surface area contributed by atoms with Crippen LogP contribution in [0.1, 0.15) is 12.5 Å². The van der Waals surface area contributed by atoms with Gasteiger partial charge in [0.15, 0.2) is 0 Å². The molecule has 0 spiro atoms. The molecule has 6 heteroatoms. The second kappa shape index (κ2) is 5.92. The number of hydrogen-bond donors (Lipinski definition) is 2. The van der Waals surface area contributed by atoms with Crippen molar-refractivity contribution in [2.24, 2.45) is 0 Å². The Morgan fingerprint density at radius 1 is 1.15 bits per heavy atom. The predicted octanol–water partition coefficient (Wildman–Crippen LogP) is 2.90. The molecule has 2 N–H and O–H groups in total. The van der Waals surface area contributed by atoms with E-state index >= 15 is 0 Å². The molecule has 0 fully saturated rings. The number of nitrogens with zero attached hydrogens (tertiary/aromatic N) is 1. The van der Waals surface area contributed by atoms with Crippen molar-refractivity contribution in [3.05, 3.63) is 48.2 Å². The first-order valence-electron chi connectivity index (χ1n) is 6.29. The molecule has 0 bridgehead atoms. The maximum atomic E-state index is 11.4. The lowest BCUT2D eigenvalue weighted by molar-refractivity contribution is 0.602. The van der Waals surface area contributed by atoms with E-state index in [4.69, 9.17) is 0 Å². The highest BCUT2D eigenvalue weighted by atomic mass is 32.2. The summed E-state index contributed by atoms with van der Waals surface area (Å²) in [5, 5.41) is 3.19. The number of aryl methyl sites for hydroxylation is 1. The summed E-state index contributed by atoms with van der Waals surface area (Å²) in [6.07, 6.45) is 1.49. The molecule has 0 aliphatic carbocycles. The Hall–Kier alpha value is -2.08. The van der Waals surface area contributed by atoms with Crippen LogP contribution in [0, 0.1) is 6.92 Å². The van der Waals surface area contributed by atoms with Crippen molar-refractivity contribution in [2.75, 3.05) is 15.8 Å². The minimum absolute atomic E-state index is 0.0379. The van der Waals surface area contributed by atoms with Gasteiger partial charge in [-0.05, 0) is 37.6 Å². The monoisotopic (exact) mass is 291 g/mol. The van der Waals surface area contributed by atoms with Crippen LogP contribution in [0.5, 0.6) is 0 Å². The fourth-order valence-corrected chi connectivity index (χ4v) is 2.26. The van der Waals surface area contributed by atoms with E-state index in [0.717, 1.165) is 11.3 Å². The number of aromatic nitrogens is 1. The van der Waals surface area contributed by atoms with Crippen LogP contribution in [0.25, 0.3) is 0 Å². The summed E-state index contributed by atoms with van der Waals surface area (Å²) in [4.78, 5) is 4.20. The molecule has 20 heavy (non-hydrogen) atoms. The molecular formula is C14H17N3O2S. The van der Waals surface area contributed by atoms with E-state index in [1.165, 1.54) is 6.20 Å². The third kappa shape index (κ3) is 3.71. The van der Waals surface area contributed by atoms with Gasteiger partial charge in [-0.25, -0.2) is 13.4 Å². The third-order valence-electron chi connectivity index (χ3n) is 2.82. The Morgan fingerprint density at radius 3 is 2.50 bits per heavy atom. The lowest BCUT2D eigenvalue weighted by Crippen LogP contribution is -2.14. The lowest BCUT2D eigenvalue weighted by atomic mass is 10.2. The molecule has 2 aromatic rings. The normalized spacial score (nSPS) is 11.1. The van der Waals surface area contributed by atoms with E-state index in [-0.39, 0.29) is 5.75 Å². The van der Waals surface area contributed by atoms with Crippen LogP contribution >= 0.6 is 0 Å². The fourth-order valence-electron chi connectivity index (χ4n) is 1.63. The molecule has 0 amide bonds. The number of hydrogen-bond acceptors (Lipinski definition) is 4. The summed E-state index contributed by atoms with van der Waals surface area (Å²) in [5.74, 6) is 0.703. The summed E-state index contributed by atoms with van der Waals surface area (Å²) >= 11 is 0. The van der Waals surface area contributed by atoms with Gasteiger partial charge in [0.05, 0.1) is 17.6 Å². The zero-order valence-corrected chi connectivity index (χ0v) is 12.2. The quantitative estimate of drug-likeness (QED) is 0.888. The molecule has 0 saturated heterocycles. The van der Waals surface area contributed by atoms with Crippen LogP contribution in [0.3, 0.4) is 0 Å². The summed E-state index contributed by atoms with van der Waals surface area (Å²) < 4.78 is 25.3. The molecule has 1 aromatic carbocycles. The van der Waals surface area contributed by atoms with Crippen molar-refractivity contribution >= 4 is 27.2 Å². The highest BCUT2D eigenvalue weighted by Gasteiger charge is 2.07. The molecule has 1 heterocycles. The minimum atomic E-state index is -3.26. The maximum Gasteiger partial charge on any atom is 0.232 e. The van der Waals surface area contributed by atoms with Gasteiger partial charge in [0.2, 0.25) is 10.0 Å². The number of benzene rings is 1. The Labute approximate surface area is 119 Å². The Bertz CT molecular complexity index is 682. The van der Waals surface area contributed by atoms with Crippen LogP contribution in [0.4, 0.5) is 17.2 Å². The Balaban J connectivity index is 2.11. The Kier molecular flexibility index (Phi) is 4.24. The van der Waals surface area contributed by atoms with Crippen molar-refractivity contribution in [1.29, 1.82) is 0 Å². The topological polar surface area (TPSA) is 71.1 Å². The first-order valence-corrected chi connectivity index (χ1v) is 7.94. The van der Waals surface area contributed by atoms with Gasteiger partial charge in [-0.1, -0.05) is 18.2 Å². The number of nitrogens with one attached hydrogen (secondary N) is 2. The van der Waals surface area contributed by atoms with Gasteiger partial charge in [0.25, 0.3) is 0 Å². The zero-order chi connectivity index (χ0) is 14.6. The SMILES string of the molecule is CCS(=O)(=O)Nc1ccc(Nc2ccccc2C)nc1. The van der Waals surface area contributed by atoms with E-state index in [9.17, 15) is 8.42 Å². The summed E-state index contributed by atoms with van der Waals surface area (Å²) in [6.45, 7) is 3.59. The van der Waals surface area contributed by atoms with E-state index in [1.807, 2.05) is 31.2 Å². The first-order chi connectivity index (χ1) is 9.50. The molecule has 2 rings (SSSR count). The average molecular weight is 291 g/mol. The second-order valence-corrected chi connectivity index (χ2v) is 6.39. The molecule has 0 saturated carbocycles. The van der Waals surface area contributed by atoms with E-state index in [0.29, 0.717) is 11.5 Å². The van der Waals surface area contributed by atoms with E-state index < -0.39 is 10.0 Å². The van der Waals surface area contributed by atoms with Crippen LogP contribution in [-0.2, 0) is 10.0 Å². The summed E-state index contributed by atoms with van der Waals surface area (Å²) in [6, 6.07) is 11.3.